The molecular weight excluding hydrogens is 602 g/mol. The van der Waals surface area contributed by atoms with E-state index in [2.05, 4.69) is 46.0 Å². The van der Waals surface area contributed by atoms with Gasteiger partial charge in [0.25, 0.3) is 5.91 Å². The number of piperidine rings is 1. The molecule has 0 radical (unpaired) electrons. The van der Waals surface area contributed by atoms with Crippen LogP contribution < -0.4 is 19.5 Å². The lowest BCUT2D eigenvalue weighted by atomic mass is 9.94. The van der Waals surface area contributed by atoms with Crippen LogP contribution in [0, 0.1) is 0 Å². The van der Waals surface area contributed by atoms with Gasteiger partial charge in [0.1, 0.15) is 0 Å². The van der Waals surface area contributed by atoms with E-state index in [4.69, 9.17) is 30.8 Å². The monoisotopic (exact) mass is 645 g/mol. The zero-order chi connectivity index (χ0) is 32.6. The summed E-state index contributed by atoms with van der Waals surface area (Å²) in [5.41, 5.74) is 4.81. The van der Waals surface area contributed by atoms with Crippen LogP contribution >= 0.6 is 11.6 Å². The van der Waals surface area contributed by atoms with E-state index in [1.54, 1.807) is 38.4 Å². The van der Waals surface area contributed by atoms with Crippen molar-refractivity contribution in [2.75, 3.05) is 59.9 Å². The van der Waals surface area contributed by atoms with Crippen molar-refractivity contribution in [3.8, 4) is 17.2 Å². The Morgan fingerprint density at radius 2 is 1.83 bits per heavy atom. The number of para-hydroxylation sites is 1. The maximum Gasteiger partial charge on any atom is 0.253 e. The molecule has 0 spiro atoms. The predicted molar refractivity (Wildman–Crippen MR) is 185 cm³/mol. The van der Waals surface area contributed by atoms with Crippen LogP contribution in [0.3, 0.4) is 0 Å². The molecule has 9 nitrogen and oxygen atoms in total. The minimum absolute atomic E-state index is 0.103. The average molecular weight is 646 g/mol. The molecule has 2 N–H and O–H groups in total. The topological polar surface area (TPSA) is 92.0 Å². The second kappa shape index (κ2) is 15.4. The first kappa shape index (κ1) is 33.2. The van der Waals surface area contributed by atoms with Crippen LogP contribution in [0.5, 0.6) is 17.2 Å². The first-order valence-electron chi connectivity index (χ1n) is 15.7. The lowest BCUT2D eigenvalue weighted by molar-refractivity contribution is 0.0781. The highest BCUT2D eigenvalue weighted by Gasteiger charge is 2.25. The highest BCUT2D eigenvalue weighted by Crippen LogP contribution is 2.38. The largest absolute Gasteiger partial charge is 0.493 e. The van der Waals surface area contributed by atoms with Crippen LogP contribution in [0.15, 0.2) is 67.3 Å². The maximum absolute atomic E-state index is 13.6. The number of carbonyl (C=O) groups excluding carboxylic acids is 1. The predicted octanol–water partition coefficient (Wildman–Crippen LogP) is 6.79. The first-order chi connectivity index (χ1) is 22.3. The van der Waals surface area contributed by atoms with Gasteiger partial charge in [0, 0.05) is 49.2 Å². The molecule has 2 heterocycles. The van der Waals surface area contributed by atoms with Crippen LogP contribution in [0.4, 0.5) is 5.95 Å². The van der Waals surface area contributed by atoms with E-state index in [1.165, 1.54) is 5.56 Å². The lowest BCUT2D eigenvalue weighted by Gasteiger charge is -2.34. The fourth-order valence-corrected chi connectivity index (χ4v) is 6.47. The van der Waals surface area contributed by atoms with Crippen molar-refractivity contribution in [2.24, 2.45) is 0 Å². The molecule has 1 saturated heterocycles. The number of hydrogen-bond donors (Lipinski definition) is 2. The number of anilines is 1. The summed E-state index contributed by atoms with van der Waals surface area (Å²) in [5, 5.41) is 4.32. The van der Waals surface area contributed by atoms with Crippen molar-refractivity contribution in [2.45, 2.75) is 37.6 Å². The number of methoxy groups -OCH3 is 3. The second-order valence-corrected chi connectivity index (χ2v) is 12.2. The summed E-state index contributed by atoms with van der Waals surface area (Å²) in [6, 6.07) is 17.9. The number of hydrogen-bond acceptors (Lipinski definition) is 7. The van der Waals surface area contributed by atoms with Crippen molar-refractivity contribution in [3.63, 3.8) is 0 Å². The standard InChI is InChI=1S/C36H44ClN5O4/c1-6-9-24-10-8-13-30-33(24)40-36(39-30)38-29-15-18-42(19-16-29)17-14-26(25-11-7-12-28(37)20-25)23-41(2)35(43)27-21-31(44-3)34(46-5)32(22-27)45-4/h6-8,10-13,20-22,26,29H,1,9,14-19,23H2,2-5H3,(H2,38,39,40). The van der Waals surface area contributed by atoms with Crippen molar-refractivity contribution >= 4 is 34.5 Å². The van der Waals surface area contributed by atoms with Gasteiger partial charge in [-0.2, -0.15) is 0 Å². The summed E-state index contributed by atoms with van der Waals surface area (Å²) in [4.78, 5) is 26.2. The molecule has 244 valence electrons. The Morgan fingerprint density at radius 3 is 2.48 bits per heavy atom. The van der Waals surface area contributed by atoms with E-state index in [-0.39, 0.29) is 11.8 Å². The minimum atomic E-state index is -0.125. The lowest BCUT2D eigenvalue weighted by Crippen LogP contribution is -2.40. The minimum Gasteiger partial charge on any atom is -0.493 e. The number of halogens is 1. The number of aromatic amines is 1. The van der Waals surface area contributed by atoms with Gasteiger partial charge in [0.2, 0.25) is 11.7 Å². The number of allylic oxidation sites excluding steroid dienone is 1. The van der Waals surface area contributed by atoms with Gasteiger partial charge >= 0.3 is 0 Å². The summed E-state index contributed by atoms with van der Waals surface area (Å²) in [6.07, 6.45) is 5.65. The Hall–Kier alpha value is -4.21. The van der Waals surface area contributed by atoms with Gasteiger partial charge in [0.05, 0.1) is 32.4 Å². The molecule has 1 atom stereocenters. The summed E-state index contributed by atoms with van der Waals surface area (Å²) in [6.45, 7) is 7.31. The number of likely N-dealkylation sites (N-methyl/N-ethyl adjacent to an activating group) is 1. The normalized spacial score (nSPS) is 14.5. The van der Waals surface area contributed by atoms with E-state index in [1.807, 2.05) is 31.3 Å². The average Bonchev–Trinajstić information content (AvgIpc) is 3.49. The highest BCUT2D eigenvalue weighted by atomic mass is 35.5. The third-order valence-corrected chi connectivity index (χ3v) is 8.99. The van der Waals surface area contributed by atoms with Gasteiger partial charge in [-0.05, 0) is 73.7 Å². The van der Waals surface area contributed by atoms with E-state index < -0.39 is 0 Å². The number of aromatic nitrogens is 2. The third kappa shape index (κ3) is 7.77. The van der Waals surface area contributed by atoms with Crippen LogP contribution in [0.2, 0.25) is 5.02 Å². The van der Waals surface area contributed by atoms with Crippen molar-refractivity contribution in [1.82, 2.24) is 19.8 Å². The summed E-state index contributed by atoms with van der Waals surface area (Å²) < 4.78 is 16.4. The number of nitrogens with zero attached hydrogens (tertiary/aromatic N) is 3. The number of carbonyl (C=O) groups is 1. The van der Waals surface area contributed by atoms with Crippen molar-refractivity contribution in [3.05, 3.63) is 89.0 Å². The van der Waals surface area contributed by atoms with Crippen molar-refractivity contribution in [1.29, 1.82) is 0 Å². The van der Waals surface area contributed by atoms with Crippen LogP contribution in [0.25, 0.3) is 11.0 Å². The van der Waals surface area contributed by atoms with Crippen LogP contribution in [0.1, 0.15) is 46.7 Å². The molecule has 5 rings (SSSR count). The fraction of sp³-hybridized carbons (Fsp3) is 0.389. The molecule has 46 heavy (non-hydrogen) atoms. The zero-order valence-corrected chi connectivity index (χ0v) is 27.9. The number of imidazole rings is 1. The molecule has 1 aromatic heterocycles. The molecule has 4 aromatic rings. The SMILES string of the molecule is C=CCc1cccc2[nH]c(NC3CCN(CCC(CN(C)C(=O)c4cc(OC)c(OC)c(OC)c4)c4cccc(Cl)c4)CC3)nc12. The highest BCUT2D eigenvalue weighted by molar-refractivity contribution is 6.30. The van der Waals surface area contributed by atoms with Gasteiger partial charge < -0.3 is 34.3 Å². The van der Waals surface area contributed by atoms with Crippen LogP contribution in [-0.2, 0) is 6.42 Å². The van der Waals surface area contributed by atoms with E-state index >= 15 is 0 Å². The quantitative estimate of drug-likeness (QED) is 0.146. The molecule has 10 heteroatoms. The molecule has 0 aliphatic carbocycles. The van der Waals surface area contributed by atoms with E-state index in [9.17, 15) is 4.79 Å². The number of benzene rings is 3. The Kier molecular flexibility index (Phi) is 11.1. The number of amides is 1. The molecule has 0 bridgehead atoms. The smallest absolute Gasteiger partial charge is 0.253 e. The Morgan fingerprint density at radius 1 is 1.11 bits per heavy atom. The molecule has 1 aliphatic heterocycles. The van der Waals surface area contributed by atoms with Crippen LogP contribution in [-0.4, -0.2) is 86.3 Å². The summed E-state index contributed by atoms with van der Waals surface area (Å²) >= 11 is 6.41. The molecule has 1 unspecified atom stereocenters. The molecule has 0 saturated carbocycles. The van der Waals surface area contributed by atoms with Gasteiger partial charge in [-0.15, -0.1) is 6.58 Å². The van der Waals surface area contributed by atoms with E-state index in [0.29, 0.717) is 40.4 Å². The van der Waals surface area contributed by atoms with Gasteiger partial charge in [-0.25, -0.2) is 4.98 Å². The Balaban J connectivity index is 1.21. The van der Waals surface area contributed by atoms with Gasteiger partial charge in [-0.1, -0.05) is 41.9 Å². The fourth-order valence-electron chi connectivity index (χ4n) is 6.28. The number of fused-ring (bicyclic) bond motifs is 1. The molecule has 1 aliphatic rings. The van der Waals surface area contributed by atoms with E-state index in [0.717, 1.165) is 67.9 Å². The number of ether oxygens (including phenoxy) is 3. The van der Waals surface area contributed by atoms with Gasteiger partial charge in [0.15, 0.2) is 11.5 Å². The Bertz CT molecular complexity index is 1620. The second-order valence-electron chi connectivity index (χ2n) is 11.8. The van der Waals surface area contributed by atoms with Crippen molar-refractivity contribution < 1.29 is 19.0 Å². The zero-order valence-electron chi connectivity index (χ0n) is 27.1. The summed E-state index contributed by atoms with van der Waals surface area (Å²) in [7, 11) is 6.46. The molecule has 3 aromatic carbocycles. The number of likely N-dealkylation sites (tertiary alicyclic amines) is 1. The first-order valence-corrected chi connectivity index (χ1v) is 16.1. The summed E-state index contributed by atoms with van der Waals surface area (Å²) in [5.74, 6) is 2.15. The Labute approximate surface area is 276 Å². The number of H-pyrrole nitrogens is 1. The molecule has 1 fully saturated rings. The molecule has 1 amide bonds. The molecular formula is C36H44ClN5O4. The van der Waals surface area contributed by atoms with Gasteiger partial charge in [-0.3, -0.25) is 4.79 Å². The maximum atomic E-state index is 13.6. The number of rotatable bonds is 14. The third-order valence-electron chi connectivity index (χ3n) is 8.76. The number of nitrogens with one attached hydrogen (secondary N) is 2.